The summed E-state index contributed by atoms with van der Waals surface area (Å²) in [4.78, 5) is 8.64. The van der Waals surface area contributed by atoms with Gasteiger partial charge in [-0.15, -0.1) is 0 Å². The van der Waals surface area contributed by atoms with Crippen molar-refractivity contribution in [2.75, 3.05) is 18.9 Å². The van der Waals surface area contributed by atoms with E-state index in [0.29, 0.717) is 37.8 Å². The maximum atomic E-state index is 6.80. The molecule has 6 rings (SSSR count). The van der Waals surface area contributed by atoms with Gasteiger partial charge in [0.1, 0.15) is 24.2 Å². The topological polar surface area (TPSA) is 106 Å². The third kappa shape index (κ3) is 5.45. The van der Waals surface area contributed by atoms with Gasteiger partial charge >= 0.3 is 0 Å². The number of fused-ring (bicyclic) bond motifs is 1. The highest BCUT2D eigenvalue weighted by molar-refractivity contribution is 5.59. The fourth-order valence-electron chi connectivity index (χ4n) is 5.03. The number of ether oxygens (including phenoxy) is 4. The van der Waals surface area contributed by atoms with Crippen LogP contribution in [0.3, 0.4) is 0 Å². The van der Waals surface area contributed by atoms with Crippen LogP contribution < -0.4 is 5.73 Å². The Labute approximate surface area is 232 Å². The fraction of sp³-hybridized carbons (Fsp3) is 0.258. The lowest BCUT2D eigenvalue weighted by atomic mass is 9.92. The first-order valence-electron chi connectivity index (χ1n) is 13.2. The number of hydrogen-bond acceptors (Lipinski definition) is 8. The lowest BCUT2D eigenvalue weighted by Gasteiger charge is -2.34. The fourth-order valence-corrected chi connectivity index (χ4v) is 5.03. The molecule has 1 fully saturated rings. The summed E-state index contributed by atoms with van der Waals surface area (Å²) >= 11 is 0. The van der Waals surface area contributed by atoms with E-state index < -0.39 is 17.8 Å². The van der Waals surface area contributed by atoms with Crippen LogP contribution in [0.4, 0.5) is 5.82 Å². The third-order valence-electron chi connectivity index (χ3n) is 7.08. The summed E-state index contributed by atoms with van der Waals surface area (Å²) in [6, 6.07) is 30.1. The first-order chi connectivity index (χ1) is 19.7. The molecule has 40 heavy (non-hydrogen) atoms. The van der Waals surface area contributed by atoms with Gasteiger partial charge in [0.2, 0.25) is 0 Å². The highest BCUT2D eigenvalue weighted by Gasteiger charge is 2.55. The summed E-state index contributed by atoms with van der Waals surface area (Å²) in [6.07, 6.45) is 2.19. The number of rotatable bonds is 11. The van der Waals surface area contributed by atoms with Gasteiger partial charge in [-0.25, -0.2) is 14.5 Å². The molecule has 9 heteroatoms. The second-order valence-corrected chi connectivity index (χ2v) is 9.76. The average Bonchev–Trinajstić information content (AvgIpc) is 3.60. The number of benzene rings is 3. The third-order valence-corrected chi connectivity index (χ3v) is 7.08. The summed E-state index contributed by atoms with van der Waals surface area (Å²) in [6.45, 7) is 1.70. The quantitative estimate of drug-likeness (QED) is 0.266. The van der Waals surface area contributed by atoms with Crippen molar-refractivity contribution in [2.45, 2.75) is 37.6 Å². The van der Waals surface area contributed by atoms with Crippen molar-refractivity contribution < 1.29 is 18.9 Å². The summed E-state index contributed by atoms with van der Waals surface area (Å²) in [5, 5.41) is 4.47. The van der Waals surface area contributed by atoms with E-state index in [1.165, 1.54) is 6.33 Å². The molecule has 3 aromatic carbocycles. The number of nitrogen functional groups attached to an aromatic ring is 1. The molecule has 204 valence electrons. The largest absolute Gasteiger partial charge is 0.381 e. The van der Waals surface area contributed by atoms with E-state index >= 15 is 0 Å². The SMILES string of the molecule is Nc1ncnn2c([C@@]3(OCc4ccccc4)CO[C@H](COCc4ccccc4)[C@H]3OCc3ccccc3)cnc12. The molecule has 2 aromatic heterocycles. The van der Waals surface area contributed by atoms with Crippen LogP contribution in [0.2, 0.25) is 0 Å². The molecule has 0 aliphatic carbocycles. The van der Waals surface area contributed by atoms with Gasteiger partial charge in [-0.05, 0) is 16.7 Å². The Kier molecular flexibility index (Phi) is 7.78. The molecule has 2 N–H and O–H groups in total. The average molecular weight is 538 g/mol. The minimum Gasteiger partial charge on any atom is -0.381 e. The monoisotopic (exact) mass is 537 g/mol. The molecule has 1 saturated heterocycles. The van der Waals surface area contributed by atoms with Gasteiger partial charge in [0, 0.05) is 0 Å². The predicted octanol–water partition coefficient (Wildman–Crippen LogP) is 4.32. The van der Waals surface area contributed by atoms with Gasteiger partial charge in [-0.3, -0.25) is 0 Å². The van der Waals surface area contributed by atoms with Gasteiger partial charge in [0.05, 0.1) is 39.2 Å². The molecule has 0 unspecified atom stereocenters. The Bertz CT molecular complexity index is 1520. The molecule has 3 heterocycles. The number of nitrogens with two attached hydrogens (primary N) is 1. The summed E-state index contributed by atoms with van der Waals surface area (Å²) < 4.78 is 27.7. The first-order valence-corrected chi connectivity index (χ1v) is 13.2. The molecule has 0 radical (unpaired) electrons. The van der Waals surface area contributed by atoms with Gasteiger partial charge in [0.15, 0.2) is 17.1 Å². The molecule has 9 nitrogen and oxygen atoms in total. The van der Waals surface area contributed by atoms with E-state index in [0.717, 1.165) is 16.7 Å². The molecule has 1 aliphatic heterocycles. The summed E-state index contributed by atoms with van der Waals surface area (Å²) in [5.41, 5.74) is 9.36. The van der Waals surface area contributed by atoms with Crippen LogP contribution in [0.15, 0.2) is 104 Å². The highest BCUT2D eigenvalue weighted by atomic mass is 16.6. The number of anilines is 1. The maximum Gasteiger partial charge on any atom is 0.196 e. The zero-order valence-corrected chi connectivity index (χ0v) is 22.0. The number of imidazole rings is 1. The Morgan fingerprint density at radius 1 is 0.825 bits per heavy atom. The van der Waals surface area contributed by atoms with E-state index in [9.17, 15) is 0 Å². The van der Waals surface area contributed by atoms with Crippen molar-refractivity contribution in [3.63, 3.8) is 0 Å². The van der Waals surface area contributed by atoms with Gasteiger partial charge in [0.25, 0.3) is 0 Å². The zero-order valence-electron chi connectivity index (χ0n) is 22.0. The Morgan fingerprint density at radius 3 is 2.12 bits per heavy atom. The van der Waals surface area contributed by atoms with Crippen LogP contribution in [-0.2, 0) is 44.4 Å². The molecule has 3 atom stereocenters. The zero-order chi connectivity index (χ0) is 27.2. The minimum absolute atomic E-state index is 0.219. The smallest absolute Gasteiger partial charge is 0.196 e. The minimum atomic E-state index is -1.05. The van der Waals surface area contributed by atoms with E-state index in [-0.39, 0.29) is 12.4 Å². The van der Waals surface area contributed by atoms with Crippen LogP contribution in [-0.4, -0.2) is 45.0 Å². The highest BCUT2D eigenvalue weighted by Crippen LogP contribution is 2.41. The first kappa shape index (κ1) is 26.1. The second kappa shape index (κ2) is 11.9. The van der Waals surface area contributed by atoms with Crippen LogP contribution in [0, 0.1) is 0 Å². The van der Waals surface area contributed by atoms with E-state index in [2.05, 4.69) is 15.1 Å². The maximum absolute atomic E-state index is 6.80. The second-order valence-electron chi connectivity index (χ2n) is 9.76. The van der Waals surface area contributed by atoms with Crippen molar-refractivity contribution >= 4 is 11.5 Å². The lowest BCUT2D eigenvalue weighted by molar-refractivity contribution is -0.152. The van der Waals surface area contributed by atoms with Crippen molar-refractivity contribution in [1.29, 1.82) is 0 Å². The predicted molar refractivity (Wildman–Crippen MR) is 149 cm³/mol. The Morgan fingerprint density at radius 2 is 1.45 bits per heavy atom. The van der Waals surface area contributed by atoms with Crippen molar-refractivity contribution in [1.82, 2.24) is 19.6 Å². The molecule has 0 amide bonds. The normalized spacial score (nSPS) is 20.7. The Balaban J connectivity index is 1.35. The summed E-state index contributed by atoms with van der Waals surface area (Å²) in [7, 11) is 0. The molecule has 1 aliphatic rings. The van der Waals surface area contributed by atoms with Crippen molar-refractivity contribution in [2.24, 2.45) is 0 Å². The molecule has 0 spiro atoms. The molecule has 0 bridgehead atoms. The van der Waals surface area contributed by atoms with Crippen LogP contribution in [0.1, 0.15) is 22.4 Å². The molecule has 0 saturated carbocycles. The van der Waals surface area contributed by atoms with Crippen molar-refractivity contribution in [3.8, 4) is 0 Å². The molecule has 5 aromatic rings. The van der Waals surface area contributed by atoms with Crippen LogP contribution in [0.5, 0.6) is 0 Å². The standard InChI is InChI=1S/C31H31N5O4/c32-29-30-33-16-27(36(30)35-22-34-29)31(40-19-25-14-8-3-9-15-25)21-39-26(20-37-17-23-10-4-1-5-11-23)28(31)38-18-24-12-6-2-7-13-24/h1-16,22,26,28H,17-21H2,(H2,32,34,35)/t26-,28-,31+/m1/s1. The molecular formula is C31H31N5O4. The van der Waals surface area contributed by atoms with Gasteiger partial charge in [-0.1, -0.05) is 91.0 Å². The van der Waals surface area contributed by atoms with Crippen molar-refractivity contribution in [3.05, 3.63) is 126 Å². The number of aromatic nitrogens is 4. The Hall–Kier alpha value is -4.15. The van der Waals surface area contributed by atoms with Crippen LogP contribution in [0.25, 0.3) is 5.65 Å². The lowest BCUT2D eigenvalue weighted by Crippen LogP contribution is -2.47. The molecular weight excluding hydrogens is 506 g/mol. The van der Waals surface area contributed by atoms with Gasteiger partial charge in [-0.2, -0.15) is 5.10 Å². The number of nitrogens with zero attached hydrogens (tertiary/aromatic N) is 4. The van der Waals surface area contributed by atoms with E-state index in [1.54, 1.807) is 10.7 Å². The van der Waals surface area contributed by atoms with Crippen LogP contribution >= 0.6 is 0 Å². The van der Waals surface area contributed by atoms with E-state index in [1.807, 2.05) is 91.0 Å². The summed E-state index contributed by atoms with van der Waals surface area (Å²) in [5.74, 6) is 0.280. The number of hydrogen-bond donors (Lipinski definition) is 1. The van der Waals surface area contributed by atoms with Gasteiger partial charge < -0.3 is 24.7 Å². The van der Waals surface area contributed by atoms with E-state index in [4.69, 9.17) is 24.7 Å².